The molecule has 0 aliphatic carbocycles. The van der Waals surface area contributed by atoms with Crippen LogP contribution in [0, 0.1) is 0 Å². The molecule has 1 spiro atoms. The first-order valence-electron chi connectivity index (χ1n) is 5.95. The van der Waals surface area contributed by atoms with Crippen LogP contribution in [0.3, 0.4) is 0 Å². The van der Waals surface area contributed by atoms with Gasteiger partial charge in [-0.1, -0.05) is 30.3 Å². The van der Waals surface area contributed by atoms with Crippen molar-refractivity contribution in [1.29, 1.82) is 0 Å². The number of rotatable bonds is 1. The summed E-state index contributed by atoms with van der Waals surface area (Å²) in [5.74, 6) is -0.314. The lowest BCUT2D eigenvalue weighted by atomic mass is 10.1. The summed E-state index contributed by atoms with van der Waals surface area (Å²) < 4.78 is 12.0. The topological polar surface area (TPSA) is 30.5 Å². The van der Waals surface area contributed by atoms with Crippen molar-refractivity contribution in [1.82, 2.24) is 5.32 Å². The molecule has 3 rings (SSSR count). The highest BCUT2D eigenvalue weighted by molar-refractivity contribution is 5.18. The van der Waals surface area contributed by atoms with Gasteiger partial charge in [0.05, 0.1) is 6.61 Å². The van der Waals surface area contributed by atoms with Crippen molar-refractivity contribution in [2.24, 2.45) is 0 Å². The molecule has 0 aromatic heterocycles. The smallest absolute Gasteiger partial charge is 0.171 e. The molecule has 2 fully saturated rings. The fourth-order valence-electron chi connectivity index (χ4n) is 2.46. The second kappa shape index (κ2) is 4.17. The Morgan fingerprint density at radius 3 is 2.62 bits per heavy atom. The minimum absolute atomic E-state index is 0.110. The van der Waals surface area contributed by atoms with Crippen LogP contribution in [-0.2, 0) is 9.47 Å². The van der Waals surface area contributed by atoms with Gasteiger partial charge in [0.25, 0.3) is 0 Å². The summed E-state index contributed by atoms with van der Waals surface area (Å²) in [5.41, 5.74) is 1.22. The maximum Gasteiger partial charge on any atom is 0.171 e. The molecule has 0 bridgehead atoms. The zero-order chi connectivity index (χ0) is 10.8. The molecule has 1 aromatic carbocycles. The molecule has 16 heavy (non-hydrogen) atoms. The number of hydrogen-bond donors (Lipinski definition) is 1. The van der Waals surface area contributed by atoms with Crippen LogP contribution in [0.25, 0.3) is 0 Å². The van der Waals surface area contributed by atoms with Crippen LogP contribution in [0.2, 0.25) is 0 Å². The van der Waals surface area contributed by atoms with E-state index < -0.39 is 0 Å². The van der Waals surface area contributed by atoms with E-state index in [-0.39, 0.29) is 11.9 Å². The number of benzene rings is 1. The first kappa shape index (κ1) is 10.3. The van der Waals surface area contributed by atoms with Gasteiger partial charge in [-0.15, -0.1) is 0 Å². The van der Waals surface area contributed by atoms with Crippen molar-refractivity contribution < 1.29 is 9.47 Å². The average molecular weight is 219 g/mol. The zero-order valence-electron chi connectivity index (χ0n) is 9.32. The summed E-state index contributed by atoms with van der Waals surface area (Å²) in [7, 11) is 0. The molecule has 2 heterocycles. The number of nitrogens with one attached hydrogen (secondary N) is 1. The van der Waals surface area contributed by atoms with E-state index in [1.165, 1.54) is 5.56 Å². The first-order chi connectivity index (χ1) is 7.88. The van der Waals surface area contributed by atoms with Crippen LogP contribution in [0.5, 0.6) is 0 Å². The van der Waals surface area contributed by atoms with Gasteiger partial charge in [-0.3, -0.25) is 0 Å². The summed E-state index contributed by atoms with van der Waals surface area (Å²) in [4.78, 5) is 0. The van der Waals surface area contributed by atoms with Gasteiger partial charge in [0.15, 0.2) is 5.79 Å². The molecule has 0 amide bonds. The Labute approximate surface area is 95.8 Å². The quantitative estimate of drug-likeness (QED) is 0.782. The fraction of sp³-hybridized carbons (Fsp3) is 0.538. The zero-order valence-corrected chi connectivity index (χ0v) is 9.32. The summed E-state index contributed by atoms with van der Waals surface area (Å²) >= 11 is 0. The summed E-state index contributed by atoms with van der Waals surface area (Å²) in [6.45, 7) is 2.66. The Kier molecular flexibility index (Phi) is 2.67. The van der Waals surface area contributed by atoms with E-state index in [1.807, 2.05) is 18.2 Å². The van der Waals surface area contributed by atoms with Gasteiger partial charge >= 0.3 is 0 Å². The van der Waals surface area contributed by atoms with Crippen molar-refractivity contribution in [3.63, 3.8) is 0 Å². The lowest BCUT2D eigenvalue weighted by Gasteiger charge is -2.32. The normalized spacial score (nSPS) is 28.4. The van der Waals surface area contributed by atoms with Crippen LogP contribution >= 0.6 is 0 Å². The number of piperidine rings is 1. The van der Waals surface area contributed by atoms with Crippen LogP contribution in [0.4, 0.5) is 0 Å². The van der Waals surface area contributed by atoms with Gasteiger partial charge in [-0.25, -0.2) is 0 Å². The van der Waals surface area contributed by atoms with E-state index >= 15 is 0 Å². The maximum atomic E-state index is 6.11. The Morgan fingerprint density at radius 2 is 1.88 bits per heavy atom. The van der Waals surface area contributed by atoms with E-state index in [1.54, 1.807) is 0 Å². The van der Waals surface area contributed by atoms with Gasteiger partial charge in [0, 0.05) is 25.9 Å². The summed E-state index contributed by atoms with van der Waals surface area (Å²) in [6, 6.07) is 10.3. The van der Waals surface area contributed by atoms with Crippen LogP contribution < -0.4 is 5.32 Å². The second-order valence-corrected chi connectivity index (χ2v) is 4.49. The van der Waals surface area contributed by atoms with Crippen molar-refractivity contribution in [3.05, 3.63) is 35.9 Å². The molecular formula is C13H17NO2. The Bertz CT molecular complexity index is 346. The van der Waals surface area contributed by atoms with Gasteiger partial charge < -0.3 is 14.8 Å². The van der Waals surface area contributed by atoms with Crippen molar-refractivity contribution in [2.45, 2.75) is 24.7 Å². The highest BCUT2D eigenvalue weighted by atomic mass is 16.7. The Balaban J connectivity index is 1.73. The predicted molar refractivity (Wildman–Crippen MR) is 61.1 cm³/mol. The van der Waals surface area contributed by atoms with E-state index in [0.29, 0.717) is 6.61 Å². The van der Waals surface area contributed by atoms with Gasteiger partial charge in [0.1, 0.15) is 6.10 Å². The number of hydrogen-bond acceptors (Lipinski definition) is 3. The van der Waals surface area contributed by atoms with E-state index in [2.05, 4.69) is 17.4 Å². The molecule has 1 atom stereocenters. The van der Waals surface area contributed by atoms with Gasteiger partial charge in [-0.2, -0.15) is 0 Å². The minimum atomic E-state index is -0.314. The first-order valence-corrected chi connectivity index (χ1v) is 5.95. The SMILES string of the molecule is c1ccc([C@H]2COC3(CCNCC3)O2)cc1. The fourth-order valence-corrected chi connectivity index (χ4v) is 2.46. The average Bonchev–Trinajstić information content (AvgIpc) is 2.75. The molecule has 2 aliphatic heterocycles. The molecule has 1 aromatic rings. The molecule has 2 saturated heterocycles. The second-order valence-electron chi connectivity index (χ2n) is 4.49. The monoisotopic (exact) mass is 219 g/mol. The largest absolute Gasteiger partial charge is 0.347 e. The molecule has 3 heteroatoms. The van der Waals surface area contributed by atoms with E-state index in [9.17, 15) is 0 Å². The lowest BCUT2D eigenvalue weighted by molar-refractivity contribution is -0.183. The third-order valence-electron chi connectivity index (χ3n) is 3.39. The van der Waals surface area contributed by atoms with E-state index in [0.717, 1.165) is 25.9 Å². The molecule has 2 aliphatic rings. The molecule has 3 nitrogen and oxygen atoms in total. The molecular weight excluding hydrogens is 202 g/mol. The standard InChI is InChI=1S/C13H17NO2/c1-2-4-11(5-3-1)12-10-15-13(16-12)6-8-14-9-7-13/h1-5,12,14H,6-10H2/t12-/m1/s1. The summed E-state index contributed by atoms with van der Waals surface area (Å²) in [6.07, 6.45) is 2.02. The molecule has 0 radical (unpaired) electrons. The maximum absolute atomic E-state index is 6.11. The minimum Gasteiger partial charge on any atom is -0.347 e. The number of ether oxygens (including phenoxy) is 2. The van der Waals surface area contributed by atoms with Gasteiger partial charge in [0.2, 0.25) is 0 Å². The van der Waals surface area contributed by atoms with E-state index in [4.69, 9.17) is 9.47 Å². The van der Waals surface area contributed by atoms with Crippen molar-refractivity contribution >= 4 is 0 Å². The molecule has 86 valence electrons. The Hall–Kier alpha value is -0.900. The third-order valence-corrected chi connectivity index (χ3v) is 3.39. The molecule has 1 N–H and O–H groups in total. The lowest BCUT2D eigenvalue weighted by Crippen LogP contribution is -2.42. The highest BCUT2D eigenvalue weighted by Gasteiger charge is 2.42. The van der Waals surface area contributed by atoms with Gasteiger partial charge in [-0.05, 0) is 5.56 Å². The van der Waals surface area contributed by atoms with Crippen LogP contribution in [0.15, 0.2) is 30.3 Å². The highest BCUT2D eigenvalue weighted by Crippen LogP contribution is 2.38. The summed E-state index contributed by atoms with van der Waals surface area (Å²) in [5, 5.41) is 3.33. The molecule has 0 saturated carbocycles. The van der Waals surface area contributed by atoms with Crippen LogP contribution in [-0.4, -0.2) is 25.5 Å². The van der Waals surface area contributed by atoms with Crippen molar-refractivity contribution in [2.75, 3.05) is 19.7 Å². The predicted octanol–water partition coefficient (Wildman–Crippen LogP) is 1.85. The molecule has 0 unspecified atom stereocenters. The Morgan fingerprint density at radius 1 is 1.12 bits per heavy atom. The van der Waals surface area contributed by atoms with Crippen molar-refractivity contribution in [3.8, 4) is 0 Å². The third kappa shape index (κ3) is 1.86. The van der Waals surface area contributed by atoms with Crippen LogP contribution in [0.1, 0.15) is 24.5 Å².